The lowest BCUT2D eigenvalue weighted by molar-refractivity contribution is 0.000570. The van der Waals surface area contributed by atoms with E-state index in [2.05, 4.69) is 10.3 Å². The number of anilines is 1. The molecule has 0 radical (unpaired) electrons. The Morgan fingerprint density at radius 3 is 2.71 bits per heavy atom. The van der Waals surface area contributed by atoms with E-state index in [0.717, 1.165) is 11.5 Å². The highest BCUT2D eigenvalue weighted by molar-refractivity contribution is 6.31. The first kappa shape index (κ1) is 19.6. The van der Waals surface area contributed by atoms with Gasteiger partial charge in [0.05, 0.1) is 5.02 Å². The average Bonchev–Trinajstić information content (AvgIpc) is 2.69. The molecule has 0 aliphatic carbocycles. The molecule has 0 aliphatic heterocycles. The van der Waals surface area contributed by atoms with Crippen LogP contribution in [-0.4, -0.2) is 35.2 Å². The van der Waals surface area contributed by atoms with Gasteiger partial charge < -0.3 is 10.1 Å². The van der Waals surface area contributed by atoms with Crippen molar-refractivity contribution >= 4 is 40.1 Å². The lowest BCUT2D eigenvalue weighted by atomic mass is 10.1. The smallest absolute Gasteiger partial charge is 0.359 e. The number of rotatable bonds is 4. The van der Waals surface area contributed by atoms with Crippen molar-refractivity contribution in [3.8, 4) is 0 Å². The first-order valence-corrected chi connectivity index (χ1v) is 8.78. The van der Waals surface area contributed by atoms with Crippen molar-refractivity contribution in [3.63, 3.8) is 0 Å². The van der Waals surface area contributed by atoms with Gasteiger partial charge in [0.2, 0.25) is 0 Å². The zero-order valence-corrected chi connectivity index (χ0v) is 15.9. The van der Waals surface area contributed by atoms with Crippen LogP contribution in [-0.2, 0) is 4.74 Å². The minimum absolute atomic E-state index is 0.109. The molecule has 8 heteroatoms. The van der Waals surface area contributed by atoms with Crippen LogP contribution in [0.3, 0.4) is 0 Å². The van der Waals surface area contributed by atoms with E-state index in [9.17, 15) is 14.0 Å². The van der Waals surface area contributed by atoms with Gasteiger partial charge in [-0.25, -0.2) is 19.0 Å². The Morgan fingerprint density at radius 1 is 1.21 bits per heavy atom. The SMILES string of the molecule is CC(OC(=O)c1nccc2ccccc12)N(C)C(=O)Nc1ccc(F)c(Cl)c1. The lowest BCUT2D eigenvalue weighted by Gasteiger charge is -2.25. The number of nitrogens with one attached hydrogen (secondary N) is 1. The largest absolute Gasteiger partial charge is 0.437 e. The van der Waals surface area contributed by atoms with E-state index in [-0.39, 0.29) is 10.7 Å². The molecule has 0 fully saturated rings. The van der Waals surface area contributed by atoms with Gasteiger partial charge >= 0.3 is 12.0 Å². The van der Waals surface area contributed by atoms with Crippen LogP contribution in [0.15, 0.2) is 54.7 Å². The van der Waals surface area contributed by atoms with Gasteiger partial charge in [0.25, 0.3) is 0 Å². The highest BCUT2D eigenvalue weighted by Crippen LogP contribution is 2.20. The number of hydrogen-bond acceptors (Lipinski definition) is 4. The fourth-order valence-electron chi connectivity index (χ4n) is 2.52. The number of esters is 1. The number of pyridine rings is 1. The van der Waals surface area contributed by atoms with Gasteiger partial charge in [-0.2, -0.15) is 0 Å². The zero-order chi connectivity index (χ0) is 20.3. The van der Waals surface area contributed by atoms with E-state index >= 15 is 0 Å². The molecule has 0 saturated carbocycles. The molecule has 1 aromatic heterocycles. The van der Waals surface area contributed by atoms with Gasteiger partial charge in [-0.3, -0.25) is 4.90 Å². The van der Waals surface area contributed by atoms with Crippen molar-refractivity contribution < 1.29 is 18.7 Å². The third-order valence-electron chi connectivity index (χ3n) is 4.18. The van der Waals surface area contributed by atoms with Crippen molar-refractivity contribution in [2.45, 2.75) is 13.2 Å². The standard InChI is InChI=1S/C20H17ClFN3O3/c1-12(25(2)20(27)24-14-7-8-17(22)16(21)11-14)28-19(26)18-15-6-4-3-5-13(15)9-10-23-18/h3-12H,1-2H3,(H,24,27). The molecule has 1 unspecified atom stereocenters. The Balaban J connectivity index is 1.69. The average molecular weight is 402 g/mol. The molecule has 6 nitrogen and oxygen atoms in total. The number of urea groups is 1. The van der Waals surface area contributed by atoms with Gasteiger partial charge in [0, 0.05) is 24.3 Å². The Labute approximate surface area is 165 Å². The van der Waals surface area contributed by atoms with Crippen molar-refractivity contribution in [1.29, 1.82) is 0 Å². The maximum Gasteiger partial charge on any atom is 0.359 e. The van der Waals surface area contributed by atoms with E-state index in [1.165, 1.54) is 30.3 Å². The monoisotopic (exact) mass is 401 g/mol. The maximum absolute atomic E-state index is 13.2. The number of amides is 2. The number of nitrogens with zero attached hydrogens (tertiary/aromatic N) is 2. The van der Waals surface area contributed by atoms with Crippen molar-refractivity contribution in [1.82, 2.24) is 9.88 Å². The summed E-state index contributed by atoms with van der Waals surface area (Å²) >= 11 is 5.71. The van der Waals surface area contributed by atoms with E-state index in [1.54, 1.807) is 25.1 Å². The third-order valence-corrected chi connectivity index (χ3v) is 4.47. The Hall–Kier alpha value is -3.19. The summed E-state index contributed by atoms with van der Waals surface area (Å²) in [5.74, 6) is -1.23. The Kier molecular flexibility index (Phi) is 5.75. The first-order valence-electron chi connectivity index (χ1n) is 8.40. The van der Waals surface area contributed by atoms with E-state index < -0.39 is 24.0 Å². The quantitative estimate of drug-likeness (QED) is 0.508. The molecule has 2 amide bonds. The van der Waals surface area contributed by atoms with E-state index in [0.29, 0.717) is 11.1 Å². The molecule has 0 aliphatic rings. The molecule has 3 rings (SSSR count). The normalized spacial score (nSPS) is 11.7. The lowest BCUT2D eigenvalue weighted by Crippen LogP contribution is -2.40. The number of hydrogen-bond donors (Lipinski definition) is 1. The second-order valence-corrected chi connectivity index (χ2v) is 6.46. The van der Waals surface area contributed by atoms with E-state index in [4.69, 9.17) is 16.3 Å². The van der Waals surface area contributed by atoms with E-state index in [1.807, 2.05) is 12.1 Å². The third kappa shape index (κ3) is 4.20. The van der Waals surface area contributed by atoms with Crippen LogP contribution in [0.25, 0.3) is 10.8 Å². The topological polar surface area (TPSA) is 71.5 Å². The van der Waals surface area contributed by atoms with Crippen LogP contribution < -0.4 is 5.32 Å². The number of halogens is 2. The molecule has 1 N–H and O–H groups in total. The van der Waals surface area contributed by atoms with Gasteiger partial charge in [0.1, 0.15) is 5.82 Å². The molecule has 0 saturated heterocycles. The molecule has 0 bridgehead atoms. The molecular weight excluding hydrogens is 385 g/mol. The second kappa shape index (κ2) is 8.22. The van der Waals surface area contributed by atoms with Crippen LogP contribution in [0.4, 0.5) is 14.9 Å². The van der Waals surface area contributed by atoms with Gasteiger partial charge in [-0.05, 0) is 36.6 Å². The summed E-state index contributed by atoms with van der Waals surface area (Å²) in [6.07, 6.45) is 0.655. The number of aromatic nitrogens is 1. The minimum atomic E-state index is -0.871. The summed E-state index contributed by atoms with van der Waals surface area (Å²) in [6, 6.07) is 12.4. The molecule has 1 heterocycles. The zero-order valence-electron chi connectivity index (χ0n) is 15.1. The fourth-order valence-corrected chi connectivity index (χ4v) is 2.70. The summed E-state index contributed by atoms with van der Waals surface area (Å²) in [5.41, 5.74) is 0.488. The molecule has 2 aromatic carbocycles. The van der Waals surface area contributed by atoms with Crippen LogP contribution in [0.1, 0.15) is 17.4 Å². The maximum atomic E-state index is 13.2. The molecule has 28 heavy (non-hydrogen) atoms. The van der Waals surface area contributed by atoms with Gasteiger partial charge in [0.15, 0.2) is 11.9 Å². The summed E-state index contributed by atoms with van der Waals surface area (Å²) in [7, 11) is 1.47. The Morgan fingerprint density at radius 2 is 1.96 bits per heavy atom. The molecule has 0 spiro atoms. The highest BCUT2D eigenvalue weighted by Gasteiger charge is 2.22. The summed E-state index contributed by atoms with van der Waals surface area (Å²) < 4.78 is 18.6. The summed E-state index contributed by atoms with van der Waals surface area (Å²) in [5, 5.41) is 3.97. The number of ether oxygens (including phenoxy) is 1. The van der Waals surface area contributed by atoms with Crippen LogP contribution in [0.5, 0.6) is 0 Å². The number of carbonyl (C=O) groups excluding carboxylic acids is 2. The Bertz CT molecular complexity index is 1040. The van der Waals surface area contributed by atoms with Crippen LogP contribution in [0.2, 0.25) is 5.02 Å². The molecule has 3 aromatic rings. The molecule has 144 valence electrons. The number of carbonyl (C=O) groups is 2. The fraction of sp³-hybridized carbons (Fsp3) is 0.150. The number of benzene rings is 2. The molecule has 1 atom stereocenters. The van der Waals surface area contributed by atoms with Crippen LogP contribution >= 0.6 is 11.6 Å². The highest BCUT2D eigenvalue weighted by atomic mass is 35.5. The van der Waals surface area contributed by atoms with Crippen molar-refractivity contribution in [3.05, 3.63) is 71.3 Å². The van der Waals surface area contributed by atoms with Crippen LogP contribution in [0, 0.1) is 5.82 Å². The first-order chi connectivity index (χ1) is 13.4. The minimum Gasteiger partial charge on any atom is -0.437 e. The van der Waals surface area contributed by atoms with Gasteiger partial charge in [-0.15, -0.1) is 0 Å². The summed E-state index contributed by atoms with van der Waals surface area (Å²) in [4.78, 5) is 30.2. The summed E-state index contributed by atoms with van der Waals surface area (Å²) in [6.45, 7) is 1.56. The van der Waals surface area contributed by atoms with Crippen molar-refractivity contribution in [2.75, 3.05) is 12.4 Å². The molecular formula is C20H17ClFN3O3. The predicted molar refractivity (Wildman–Crippen MR) is 105 cm³/mol. The predicted octanol–water partition coefficient (Wildman–Crippen LogP) is 4.69. The van der Waals surface area contributed by atoms with Crippen molar-refractivity contribution in [2.24, 2.45) is 0 Å². The second-order valence-electron chi connectivity index (χ2n) is 6.06. The van der Waals surface area contributed by atoms with Gasteiger partial charge in [-0.1, -0.05) is 35.9 Å². The number of fused-ring (bicyclic) bond motifs is 1.